The molecule has 0 spiro atoms. The molecule has 11 nitrogen and oxygen atoms in total. The average molecular weight is 1130 g/mol. The van der Waals surface area contributed by atoms with E-state index in [2.05, 4.69) is 55.6 Å². The monoisotopic (exact) mass is 1130 g/mol. The molecule has 1 amide bonds. The van der Waals surface area contributed by atoms with Crippen LogP contribution in [0.3, 0.4) is 0 Å². The summed E-state index contributed by atoms with van der Waals surface area (Å²) in [4.78, 5) is 13.2. The van der Waals surface area contributed by atoms with Crippen LogP contribution in [-0.2, 0) is 14.3 Å². The van der Waals surface area contributed by atoms with E-state index in [4.69, 9.17) is 9.47 Å². The van der Waals surface area contributed by atoms with Crippen LogP contribution < -0.4 is 5.32 Å². The molecule has 0 bridgehead atoms. The molecule has 0 aromatic heterocycles. The number of ether oxygens (including phenoxy) is 2. The number of hydrogen-bond acceptors (Lipinski definition) is 10. The lowest BCUT2D eigenvalue weighted by molar-refractivity contribution is -0.303. The van der Waals surface area contributed by atoms with Crippen molar-refractivity contribution in [2.24, 2.45) is 0 Å². The van der Waals surface area contributed by atoms with Crippen LogP contribution in [0, 0.1) is 0 Å². The molecule has 1 aliphatic heterocycles. The minimum atomic E-state index is -1.67. The number of carbonyl (C=O) groups excluding carboxylic acids is 1. The topological polar surface area (TPSA) is 189 Å². The van der Waals surface area contributed by atoms with E-state index < -0.39 is 74.2 Å². The maximum atomic E-state index is 13.2. The number of hydrogen-bond donors (Lipinski definition) is 8. The molecule has 8 N–H and O–H groups in total. The Hall–Kier alpha value is -1.67. The van der Waals surface area contributed by atoms with Gasteiger partial charge in [0, 0.05) is 0 Å². The third-order valence-electron chi connectivity index (χ3n) is 16.7. The standard InChI is InChI=1S/C69H131NO10/c1-3-5-7-9-11-13-15-17-19-21-23-25-27-28-29-30-31-32-33-34-35-37-39-41-43-45-47-49-51-53-55-57-62(73)68(78)70-60(59-79-69-67(77)66(76)65(75)63(58-71)80-69)64(74)61(72)56-54-52-50-48-46-44-42-40-38-36-26-24-22-20-18-16-14-12-10-8-6-4-2/h24,26,40,42,48,50,60-67,69,71-77H,3-23,25,27-39,41,43-47,49,51-59H2,1-2H3,(H,70,78)/b26-24+,42-40+,50-48+. The lowest BCUT2D eigenvalue weighted by Gasteiger charge is -2.40. The molecular formula is C69H131NO10. The summed E-state index contributed by atoms with van der Waals surface area (Å²) in [6.45, 7) is 3.48. The summed E-state index contributed by atoms with van der Waals surface area (Å²) in [6, 6.07) is -1.19. The Morgan fingerprint density at radius 2 is 0.750 bits per heavy atom. The maximum absolute atomic E-state index is 13.2. The van der Waals surface area contributed by atoms with Crippen molar-refractivity contribution in [2.75, 3.05) is 13.2 Å². The Kier molecular flexibility index (Phi) is 55.1. The van der Waals surface area contributed by atoms with Crippen molar-refractivity contribution in [2.45, 2.75) is 384 Å². The van der Waals surface area contributed by atoms with E-state index in [1.807, 2.05) is 0 Å². The normalized spacial score (nSPS) is 19.4. The first-order valence-electron chi connectivity index (χ1n) is 34.4. The summed E-state index contributed by atoms with van der Waals surface area (Å²) < 4.78 is 11.2. The average Bonchev–Trinajstić information content (AvgIpc) is 3.47. The second kappa shape index (κ2) is 57.7. The van der Waals surface area contributed by atoms with Gasteiger partial charge in [-0.2, -0.15) is 0 Å². The van der Waals surface area contributed by atoms with Crippen molar-refractivity contribution in [3.63, 3.8) is 0 Å². The summed E-state index contributed by atoms with van der Waals surface area (Å²) in [5, 5.41) is 76.4. The first-order valence-corrected chi connectivity index (χ1v) is 34.4. The fraction of sp³-hybridized carbons (Fsp3) is 0.899. The molecule has 1 aliphatic rings. The molecule has 1 rings (SSSR count). The Bertz CT molecular complexity index is 1390. The van der Waals surface area contributed by atoms with Crippen LogP contribution in [-0.4, -0.2) is 110 Å². The van der Waals surface area contributed by atoms with E-state index >= 15 is 0 Å². The molecule has 9 atom stereocenters. The highest BCUT2D eigenvalue weighted by Gasteiger charge is 2.44. The number of carbonyl (C=O) groups is 1. The van der Waals surface area contributed by atoms with Gasteiger partial charge in [0.2, 0.25) is 5.91 Å². The van der Waals surface area contributed by atoms with E-state index in [1.165, 1.54) is 238 Å². The van der Waals surface area contributed by atoms with E-state index in [9.17, 15) is 40.5 Å². The van der Waals surface area contributed by atoms with Gasteiger partial charge in [0.15, 0.2) is 6.29 Å². The van der Waals surface area contributed by atoms with Crippen LogP contribution >= 0.6 is 0 Å². The zero-order valence-corrected chi connectivity index (χ0v) is 52.1. The van der Waals surface area contributed by atoms with Crippen molar-refractivity contribution >= 4 is 5.91 Å². The van der Waals surface area contributed by atoms with E-state index in [-0.39, 0.29) is 12.8 Å². The number of aliphatic hydroxyl groups excluding tert-OH is 7. The van der Waals surface area contributed by atoms with Gasteiger partial charge < -0.3 is 50.5 Å². The van der Waals surface area contributed by atoms with Gasteiger partial charge in [0.1, 0.15) is 36.6 Å². The van der Waals surface area contributed by atoms with Gasteiger partial charge in [-0.25, -0.2) is 0 Å². The van der Waals surface area contributed by atoms with E-state index in [1.54, 1.807) is 0 Å². The quantitative estimate of drug-likeness (QED) is 0.0215. The molecule has 11 heteroatoms. The number of nitrogens with one attached hydrogen (secondary N) is 1. The Labute approximate surface area is 492 Å². The highest BCUT2D eigenvalue weighted by molar-refractivity contribution is 5.80. The van der Waals surface area contributed by atoms with Crippen LogP contribution in [0.1, 0.15) is 328 Å². The van der Waals surface area contributed by atoms with Crippen LogP contribution in [0.4, 0.5) is 0 Å². The zero-order chi connectivity index (χ0) is 58.2. The molecule has 1 saturated heterocycles. The van der Waals surface area contributed by atoms with Gasteiger partial charge in [0.05, 0.1) is 25.4 Å². The molecular weight excluding hydrogens is 1000 g/mol. The highest BCUT2D eigenvalue weighted by atomic mass is 16.7. The fourth-order valence-electron chi connectivity index (χ4n) is 11.1. The molecule has 80 heavy (non-hydrogen) atoms. The Morgan fingerprint density at radius 3 is 1.11 bits per heavy atom. The van der Waals surface area contributed by atoms with Crippen molar-refractivity contribution in [1.82, 2.24) is 5.32 Å². The maximum Gasteiger partial charge on any atom is 0.249 e. The second-order valence-electron chi connectivity index (χ2n) is 24.2. The SMILES string of the molecule is CCCCCCCCCCC/C=C/CC/C=C/CC/C=C/CCCC(O)C(O)C(COC1OC(CO)C(O)C(O)C1O)NC(=O)C(O)CCCCCCCCCCCCCCCCCCCCCCCCCCCCCCCCC. The number of rotatable bonds is 60. The van der Waals surface area contributed by atoms with Crippen molar-refractivity contribution in [3.05, 3.63) is 36.5 Å². The first kappa shape index (κ1) is 76.3. The van der Waals surface area contributed by atoms with Gasteiger partial charge in [0.25, 0.3) is 0 Å². The second-order valence-corrected chi connectivity index (χ2v) is 24.2. The molecule has 1 fully saturated rings. The number of aliphatic hydroxyl groups is 7. The molecule has 0 aromatic carbocycles. The van der Waals surface area contributed by atoms with Crippen LogP contribution in [0.15, 0.2) is 36.5 Å². The molecule has 9 unspecified atom stereocenters. The molecule has 0 radical (unpaired) electrons. The Balaban J connectivity index is 2.22. The minimum absolute atomic E-state index is 0.243. The predicted octanol–water partition coefficient (Wildman–Crippen LogP) is 16.2. The minimum Gasteiger partial charge on any atom is -0.394 e. The van der Waals surface area contributed by atoms with Crippen molar-refractivity contribution in [3.8, 4) is 0 Å². The predicted molar refractivity (Wildman–Crippen MR) is 335 cm³/mol. The molecule has 472 valence electrons. The molecule has 0 aliphatic carbocycles. The van der Waals surface area contributed by atoms with Gasteiger partial charge >= 0.3 is 0 Å². The van der Waals surface area contributed by atoms with Crippen molar-refractivity contribution in [1.29, 1.82) is 0 Å². The summed E-state index contributed by atoms with van der Waals surface area (Å²) in [7, 11) is 0. The van der Waals surface area contributed by atoms with Gasteiger partial charge in [-0.05, 0) is 64.2 Å². The first-order chi connectivity index (χ1) is 39.2. The summed E-state index contributed by atoms with van der Waals surface area (Å²) >= 11 is 0. The Morgan fingerprint density at radius 1 is 0.425 bits per heavy atom. The number of unbranched alkanes of at least 4 members (excludes halogenated alkanes) is 42. The smallest absolute Gasteiger partial charge is 0.249 e. The third-order valence-corrected chi connectivity index (χ3v) is 16.7. The highest BCUT2D eigenvalue weighted by Crippen LogP contribution is 2.24. The third kappa shape index (κ3) is 44.8. The van der Waals surface area contributed by atoms with Crippen LogP contribution in [0.25, 0.3) is 0 Å². The van der Waals surface area contributed by atoms with Crippen molar-refractivity contribution < 1.29 is 50.0 Å². The van der Waals surface area contributed by atoms with Gasteiger partial charge in [-0.1, -0.05) is 301 Å². The van der Waals surface area contributed by atoms with E-state index in [0.29, 0.717) is 19.3 Å². The number of allylic oxidation sites excluding steroid dienone is 6. The van der Waals surface area contributed by atoms with Crippen LogP contribution in [0.5, 0.6) is 0 Å². The zero-order valence-electron chi connectivity index (χ0n) is 52.1. The van der Waals surface area contributed by atoms with Crippen LogP contribution in [0.2, 0.25) is 0 Å². The summed E-state index contributed by atoms with van der Waals surface area (Å²) in [5.41, 5.74) is 0. The lowest BCUT2D eigenvalue weighted by atomic mass is 9.98. The van der Waals surface area contributed by atoms with E-state index in [0.717, 1.165) is 44.9 Å². The molecule has 0 saturated carbocycles. The summed E-state index contributed by atoms with van der Waals surface area (Å²) in [5.74, 6) is -0.706. The summed E-state index contributed by atoms with van der Waals surface area (Å²) in [6.07, 6.45) is 62.3. The largest absolute Gasteiger partial charge is 0.394 e. The fourth-order valence-corrected chi connectivity index (χ4v) is 11.1. The number of amides is 1. The molecule has 1 heterocycles. The lowest BCUT2D eigenvalue weighted by Crippen LogP contribution is -2.60. The molecule has 0 aromatic rings. The van der Waals surface area contributed by atoms with Gasteiger partial charge in [-0.3, -0.25) is 4.79 Å². The van der Waals surface area contributed by atoms with Gasteiger partial charge in [-0.15, -0.1) is 0 Å².